The number of halogens is 1. The van der Waals surface area contributed by atoms with Crippen LogP contribution in [0.2, 0.25) is 0 Å². The van der Waals surface area contributed by atoms with E-state index < -0.39 is 5.97 Å². The molecule has 5 nitrogen and oxygen atoms in total. The molecule has 88 valence electrons. The van der Waals surface area contributed by atoms with Crippen LogP contribution < -0.4 is 5.32 Å². The van der Waals surface area contributed by atoms with Crippen molar-refractivity contribution in [3.63, 3.8) is 0 Å². The monoisotopic (exact) mass is 262 g/mol. The lowest BCUT2D eigenvalue weighted by atomic mass is 10.3. The van der Waals surface area contributed by atoms with Crippen LogP contribution in [0.1, 0.15) is 28.5 Å². The molecule has 0 aliphatic rings. The zero-order chi connectivity index (χ0) is 12.1. The fraction of sp³-hybridized carbons (Fsp3) is 0.444. The fourth-order valence-corrected chi connectivity index (χ4v) is 1.90. The van der Waals surface area contributed by atoms with Gasteiger partial charge >= 0.3 is 5.97 Å². The molecule has 1 amide bonds. The molecular formula is C9H11ClN2O3S. The van der Waals surface area contributed by atoms with Crippen LogP contribution in [-0.4, -0.2) is 29.9 Å². The lowest BCUT2D eigenvalue weighted by molar-refractivity contribution is -0.119. The molecule has 0 aliphatic heterocycles. The summed E-state index contributed by atoms with van der Waals surface area (Å²) in [6.07, 6.45) is 0. The third-order valence-electron chi connectivity index (χ3n) is 1.79. The Labute approximate surface area is 102 Å². The first-order valence-corrected chi connectivity index (χ1v) is 5.89. The van der Waals surface area contributed by atoms with E-state index in [0.717, 1.165) is 0 Å². The highest BCUT2D eigenvalue weighted by Crippen LogP contribution is 2.18. The molecule has 7 heteroatoms. The minimum absolute atomic E-state index is 0.0976. The summed E-state index contributed by atoms with van der Waals surface area (Å²) in [7, 11) is 1.29. The molecule has 1 atom stereocenters. The van der Waals surface area contributed by atoms with Crippen molar-refractivity contribution in [2.24, 2.45) is 0 Å². The Hall–Kier alpha value is -1.14. The van der Waals surface area contributed by atoms with Gasteiger partial charge in [-0.2, -0.15) is 0 Å². The summed E-state index contributed by atoms with van der Waals surface area (Å²) in [5.74, 6) is -0.859. The zero-order valence-corrected chi connectivity index (χ0v) is 10.4. The number of ether oxygens (including phenoxy) is 1. The molecule has 0 fully saturated rings. The summed E-state index contributed by atoms with van der Waals surface area (Å²) in [6.45, 7) is 1.77. The SMILES string of the molecule is COC(=O)c1csc(C(C)NC(=O)CCl)n1. The second kappa shape index (κ2) is 5.81. The van der Waals surface area contributed by atoms with Crippen molar-refractivity contribution in [2.45, 2.75) is 13.0 Å². The molecule has 1 N–H and O–H groups in total. The Morgan fingerprint density at radius 3 is 2.94 bits per heavy atom. The van der Waals surface area contributed by atoms with Crippen LogP contribution in [0.25, 0.3) is 0 Å². The van der Waals surface area contributed by atoms with Gasteiger partial charge in [-0.25, -0.2) is 9.78 Å². The van der Waals surface area contributed by atoms with Gasteiger partial charge in [0.05, 0.1) is 13.2 Å². The van der Waals surface area contributed by atoms with Crippen molar-refractivity contribution in [1.82, 2.24) is 10.3 Å². The Balaban J connectivity index is 2.70. The van der Waals surface area contributed by atoms with E-state index in [1.54, 1.807) is 12.3 Å². The largest absolute Gasteiger partial charge is 0.464 e. The number of nitrogens with one attached hydrogen (secondary N) is 1. The first-order chi connectivity index (χ1) is 7.58. The van der Waals surface area contributed by atoms with E-state index >= 15 is 0 Å². The number of nitrogens with zero attached hydrogens (tertiary/aromatic N) is 1. The van der Waals surface area contributed by atoms with E-state index in [0.29, 0.717) is 5.01 Å². The predicted molar refractivity (Wildman–Crippen MR) is 60.7 cm³/mol. The number of hydrogen-bond donors (Lipinski definition) is 1. The van der Waals surface area contributed by atoms with Crippen LogP contribution in [0, 0.1) is 0 Å². The highest BCUT2D eigenvalue weighted by molar-refractivity contribution is 7.09. The minimum atomic E-state index is -0.488. The molecule has 0 radical (unpaired) electrons. The van der Waals surface area contributed by atoms with Crippen molar-refractivity contribution < 1.29 is 14.3 Å². The van der Waals surface area contributed by atoms with Crippen LogP contribution in [0.3, 0.4) is 0 Å². The molecular weight excluding hydrogens is 252 g/mol. The topological polar surface area (TPSA) is 68.3 Å². The average molecular weight is 263 g/mol. The fourth-order valence-electron chi connectivity index (χ4n) is 1.03. The Morgan fingerprint density at radius 2 is 2.38 bits per heavy atom. The molecule has 0 aliphatic carbocycles. The van der Waals surface area contributed by atoms with Crippen LogP contribution in [-0.2, 0) is 9.53 Å². The summed E-state index contributed by atoms with van der Waals surface area (Å²) in [4.78, 5) is 26.2. The number of aromatic nitrogens is 1. The number of esters is 1. The van der Waals surface area contributed by atoms with Crippen molar-refractivity contribution in [3.8, 4) is 0 Å². The molecule has 1 unspecified atom stereocenters. The van der Waals surface area contributed by atoms with Gasteiger partial charge in [-0.05, 0) is 6.92 Å². The zero-order valence-electron chi connectivity index (χ0n) is 8.82. The molecule has 0 bridgehead atoms. The predicted octanol–water partition coefficient (Wildman–Crippen LogP) is 1.35. The van der Waals surface area contributed by atoms with Gasteiger partial charge in [-0.3, -0.25) is 4.79 Å². The molecule has 0 saturated carbocycles. The normalized spacial score (nSPS) is 11.9. The molecule has 1 heterocycles. The lowest BCUT2D eigenvalue weighted by Crippen LogP contribution is -2.27. The first-order valence-electron chi connectivity index (χ1n) is 4.47. The summed E-state index contributed by atoms with van der Waals surface area (Å²) in [6, 6.07) is -0.269. The Morgan fingerprint density at radius 1 is 1.69 bits per heavy atom. The van der Waals surface area contributed by atoms with Crippen molar-refractivity contribution in [2.75, 3.05) is 13.0 Å². The van der Waals surface area contributed by atoms with Gasteiger partial charge in [-0.15, -0.1) is 22.9 Å². The van der Waals surface area contributed by atoms with Crippen molar-refractivity contribution >= 4 is 34.8 Å². The Kier molecular flexibility index (Phi) is 4.70. The minimum Gasteiger partial charge on any atom is -0.464 e. The molecule has 1 aromatic heterocycles. The maximum atomic E-state index is 11.1. The van der Waals surface area contributed by atoms with Gasteiger partial charge in [0.15, 0.2) is 5.69 Å². The van der Waals surface area contributed by atoms with Crippen LogP contribution in [0.15, 0.2) is 5.38 Å². The van der Waals surface area contributed by atoms with E-state index in [1.807, 2.05) is 0 Å². The maximum absolute atomic E-state index is 11.1. The third kappa shape index (κ3) is 3.18. The van der Waals surface area contributed by atoms with Crippen LogP contribution in [0.5, 0.6) is 0 Å². The van der Waals surface area contributed by atoms with Gasteiger partial charge in [0, 0.05) is 5.38 Å². The average Bonchev–Trinajstić information content (AvgIpc) is 2.77. The highest BCUT2D eigenvalue weighted by atomic mass is 35.5. The molecule has 0 spiro atoms. The van der Waals surface area contributed by atoms with Gasteiger partial charge < -0.3 is 10.1 Å². The van der Waals surface area contributed by atoms with Gasteiger partial charge in [0.1, 0.15) is 10.9 Å². The number of amides is 1. The number of hydrogen-bond acceptors (Lipinski definition) is 5. The number of methoxy groups -OCH3 is 1. The van der Waals surface area contributed by atoms with E-state index in [4.69, 9.17) is 11.6 Å². The second-order valence-corrected chi connectivity index (χ2v) is 4.14. The van der Waals surface area contributed by atoms with Crippen molar-refractivity contribution in [3.05, 3.63) is 16.1 Å². The van der Waals surface area contributed by atoms with Gasteiger partial charge in [0.2, 0.25) is 5.91 Å². The number of carbonyl (C=O) groups is 2. The molecule has 1 aromatic rings. The summed E-state index contributed by atoms with van der Waals surface area (Å²) >= 11 is 6.64. The summed E-state index contributed by atoms with van der Waals surface area (Å²) in [5.41, 5.74) is 0.245. The second-order valence-electron chi connectivity index (χ2n) is 2.99. The third-order valence-corrected chi connectivity index (χ3v) is 3.06. The van der Waals surface area contributed by atoms with Crippen LogP contribution >= 0.6 is 22.9 Å². The van der Waals surface area contributed by atoms with Crippen LogP contribution in [0.4, 0.5) is 0 Å². The molecule has 16 heavy (non-hydrogen) atoms. The van der Waals surface area contributed by atoms with E-state index in [2.05, 4.69) is 15.0 Å². The molecule has 0 aromatic carbocycles. The first kappa shape index (κ1) is 12.9. The number of thiazole rings is 1. The summed E-state index contributed by atoms with van der Waals surface area (Å²) < 4.78 is 4.53. The number of carbonyl (C=O) groups excluding carboxylic acids is 2. The van der Waals surface area contributed by atoms with Crippen molar-refractivity contribution in [1.29, 1.82) is 0 Å². The smallest absolute Gasteiger partial charge is 0.357 e. The highest BCUT2D eigenvalue weighted by Gasteiger charge is 2.16. The van der Waals surface area contributed by atoms with E-state index in [-0.39, 0.29) is 23.5 Å². The van der Waals surface area contributed by atoms with E-state index in [9.17, 15) is 9.59 Å². The van der Waals surface area contributed by atoms with Gasteiger partial charge in [0.25, 0.3) is 0 Å². The number of alkyl halides is 1. The van der Waals surface area contributed by atoms with Gasteiger partial charge in [-0.1, -0.05) is 0 Å². The quantitative estimate of drug-likeness (QED) is 0.657. The maximum Gasteiger partial charge on any atom is 0.357 e. The standard InChI is InChI=1S/C9H11ClN2O3S/c1-5(11-7(13)3-10)8-12-6(4-16-8)9(14)15-2/h4-5H,3H2,1-2H3,(H,11,13). The van der Waals surface area contributed by atoms with E-state index in [1.165, 1.54) is 18.4 Å². The lowest BCUT2D eigenvalue weighted by Gasteiger charge is -2.08. The molecule has 1 rings (SSSR count). The number of rotatable bonds is 4. The Bertz CT molecular complexity index is 394. The molecule has 0 saturated heterocycles. The summed E-state index contributed by atoms with van der Waals surface area (Å²) in [5, 5.41) is 4.87.